The van der Waals surface area contributed by atoms with Crippen LogP contribution in [-0.4, -0.2) is 47.7 Å². The van der Waals surface area contributed by atoms with Gasteiger partial charge in [0.2, 0.25) is 0 Å². The molecule has 6 nitrogen and oxygen atoms in total. The van der Waals surface area contributed by atoms with Crippen LogP contribution in [0.1, 0.15) is 17.3 Å². The van der Waals surface area contributed by atoms with Crippen molar-refractivity contribution in [2.45, 2.75) is 6.92 Å². The molecule has 0 aliphatic rings. The predicted molar refractivity (Wildman–Crippen MR) is 67.9 cm³/mol. The van der Waals surface area contributed by atoms with Crippen LogP contribution < -0.4 is 0 Å². The first-order valence-corrected chi connectivity index (χ1v) is 5.72. The Labute approximate surface area is 111 Å². The molecule has 0 saturated heterocycles. The smallest absolute Gasteiger partial charge is 0.310 e. The highest BCUT2D eigenvalue weighted by atomic mass is 16.5. The van der Waals surface area contributed by atoms with Crippen LogP contribution in [0.5, 0.6) is 11.5 Å². The summed E-state index contributed by atoms with van der Waals surface area (Å²) in [6.45, 7) is 1.86. The SMILES string of the molecule is COC(=O)C(C)CN(C)C(=O)c1ccc(O)c(O)c1. The molecule has 1 aromatic rings. The summed E-state index contributed by atoms with van der Waals surface area (Å²) in [7, 11) is 2.84. The van der Waals surface area contributed by atoms with E-state index in [1.54, 1.807) is 14.0 Å². The number of ether oxygens (including phenoxy) is 1. The van der Waals surface area contributed by atoms with Gasteiger partial charge in [-0.2, -0.15) is 0 Å². The van der Waals surface area contributed by atoms with Crippen molar-refractivity contribution < 1.29 is 24.5 Å². The van der Waals surface area contributed by atoms with Crippen LogP contribution in [0.15, 0.2) is 18.2 Å². The Morgan fingerprint density at radius 1 is 1.32 bits per heavy atom. The maximum absolute atomic E-state index is 12.0. The molecule has 0 bridgehead atoms. The van der Waals surface area contributed by atoms with Gasteiger partial charge in [-0.1, -0.05) is 6.92 Å². The van der Waals surface area contributed by atoms with E-state index in [-0.39, 0.29) is 29.5 Å². The lowest BCUT2D eigenvalue weighted by Crippen LogP contribution is -2.34. The normalized spacial score (nSPS) is 11.7. The van der Waals surface area contributed by atoms with Crippen LogP contribution in [0, 0.1) is 5.92 Å². The van der Waals surface area contributed by atoms with E-state index in [0.29, 0.717) is 0 Å². The molecule has 104 valence electrons. The van der Waals surface area contributed by atoms with Crippen LogP contribution >= 0.6 is 0 Å². The van der Waals surface area contributed by atoms with Crippen molar-refractivity contribution in [1.29, 1.82) is 0 Å². The number of phenols is 2. The van der Waals surface area contributed by atoms with Gasteiger partial charge in [-0.15, -0.1) is 0 Å². The Balaban J connectivity index is 2.76. The van der Waals surface area contributed by atoms with Gasteiger partial charge < -0.3 is 19.8 Å². The molecule has 0 saturated carbocycles. The van der Waals surface area contributed by atoms with Gasteiger partial charge in [0.1, 0.15) is 0 Å². The summed E-state index contributed by atoms with van der Waals surface area (Å²) >= 11 is 0. The van der Waals surface area contributed by atoms with Crippen LogP contribution in [0.4, 0.5) is 0 Å². The van der Waals surface area contributed by atoms with E-state index in [9.17, 15) is 19.8 Å². The highest BCUT2D eigenvalue weighted by Gasteiger charge is 2.20. The quantitative estimate of drug-likeness (QED) is 0.627. The van der Waals surface area contributed by atoms with Gasteiger partial charge in [0.05, 0.1) is 13.0 Å². The zero-order valence-corrected chi connectivity index (χ0v) is 11.1. The van der Waals surface area contributed by atoms with E-state index in [1.807, 2.05) is 0 Å². The van der Waals surface area contributed by atoms with Crippen molar-refractivity contribution in [3.05, 3.63) is 23.8 Å². The maximum atomic E-state index is 12.0. The molecule has 0 fully saturated rings. The number of aromatic hydroxyl groups is 2. The molecule has 2 N–H and O–H groups in total. The molecule has 0 spiro atoms. The monoisotopic (exact) mass is 267 g/mol. The molecule has 0 aliphatic carbocycles. The van der Waals surface area contributed by atoms with Gasteiger partial charge in [0, 0.05) is 19.2 Å². The Bertz CT molecular complexity index is 486. The van der Waals surface area contributed by atoms with E-state index in [2.05, 4.69) is 4.74 Å². The lowest BCUT2D eigenvalue weighted by molar-refractivity contribution is -0.145. The van der Waals surface area contributed by atoms with E-state index in [0.717, 1.165) is 0 Å². The fraction of sp³-hybridized carbons (Fsp3) is 0.385. The second-order valence-electron chi connectivity index (χ2n) is 4.31. The molecular formula is C13H17NO5. The summed E-state index contributed by atoms with van der Waals surface area (Å²) in [5.74, 6) is -1.84. The summed E-state index contributed by atoms with van der Waals surface area (Å²) in [5.41, 5.74) is 0.231. The molecular weight excluding hydrogens is 250 g/mol. The standard InChI is InChI=1S/C13H17NO5/c1-8(13(18)19-3)7-14(2)12(17)9-4-5-10(15)11(16)6-9/h4-6,8,15-16H,7H2,1-3H3. The molecule has 1 aromatic carbocycles. The number of benzene rings is 1. The number of esters is 1. The van der Waals surface area contributed by atoms with Crippen molar-refractivity contribution >= 4 is 11.9 Å². The molecule has 0 heterocycles. The van der Waals surface area contributed by atoms with Gasteiger partial charge in [-0.05, 0) is 18.2 Å². The Morgan fingerprint density at radius 2 is 1.95 bits per heavy atom. The summed E-state index contributed by atoms with van der Waals surface area (Å²) < 4.78 is 4.58. The number of hydrogen-bond acceptors (Lipinski definition) is 5. The highest BCUT2D eigenvalue weighted by Crippen LogP contribution is 2.25. The third-order valence-corrected chi connectivity index (χ3v) is 2.72. The lowest BCUT2D eigenvalue weighted by atomic mass is 10.1. The van der Waals surface area contributed by atoms with Crippen molar-refractivity contribution in [3.63, 3.8) is 0 Å². The van der Waals surface area contributed by atoms with Gasteiger partial charge in [0.25, 0.3) is 5.91 Å². The maximum Gasteiger partial charge on any atom is 0.310 e. The third-order valence-electron chi connectivity index (χ3n) is 2.72. The third kappa shape index (κ3) is 3.61. The van der Waals surface area contributed by atoms with Gasteiger partial charge >= 0.3 is 5.97 Å². The number of carbonyl (C=O) groups excluding carboxylic acids is 2. The van der Waals surface area contributed by atoms with E-state index in [4.69, 9.17) is 0 Å². The first-order valence-electron chi connectivity index (χ1n) is 5.72. The average Bonchev–Trinajstić information content (AvgIpc) is 2.39. The predicted octanol–water partition coefficient (Wildman–Crippen LogP) is 0.979. The molecule has 1 unspecified atom stereocenters. The van der Waals surface area contributed by atoms with Crippen molar-refractivity contribution in [2.75, 3.05) is 20.7 Å². The van der Waals surface area contributed by atoms with Crippen LogP contribution in [0.3, 0.4) is 0 Å². The number of hydrogen-bond donors (Lipinski definition) is 2. The average molecular weight is 267 g/mol. The van der Waals surface area contributed by atoms with Gasteiger partial charge in [-0.3, -0.25) is 9.59 Å². The zero-order chi connectivity index (χ0) is 14.6. The number of rotatable bonds is 4. The van der Waals surface area contributed by atoms with Crippen molar-refractivity contribution in [1.82, 2.24) is 4.90 Å². The Kier molecular flexibility index (Phi) is 4.74. The number of nitrogens with zero attached hydrogens (tertiary/aromatic N) is 1. The van der Waals surface area contributed by atoms with Crippen LogP contribution in [0.25, 0.3) is 0 Å². The minimum absolute atomic E-state index is 0.202. The molecule has 0 radical (unpaired) electrons. The summed E-state index contributed by atoms with van der Waals surface area (Å²) in [4.78, 5) is 24.7. The van der Waals surface area contributed by atoms with Crippen molar-refractivity contribution in [3.8, 4) is 11.5 Å². The number of carbonyl (C=O) groups is 2. The molecule has 19 heavy (non-hydrogen) atoms. The van der Waals surface area contributed by atoms with Crippen LogP contribution in [0.2, 0.25) is 0 Å². The molecule has 1 rings (SSSR count). The van der Waals surface area contributed by atoms with E-state index >= 15 is 0 Å². The number of methoxy groups -OCH3 is 1. The summed E-state index contributed by atoms with van der Waals surface area (Å²) in [6.07, 6.45) is 0. The van der Waals surface area contributed by atoms with Gasteiger partial charge in [0.15, 0.2) is 11.5 Å². The summed E-state index contributed by atoms with van der Waals surface area (Å²) in [6, 6.07) is 3.81. The summed E-state index contributed by atoms with van der Waals surface area (Å²) in [5, 5.41) is 18.5. The number of phenolic OH excluding ortho intramolecular Hbond substituents is 2. The van der Waals surface area contributed by atoms with Gasteiger partial charge in [-0.25, -0.2) is 0 Å². The minimum atomic E-state index is -0.440. The highest BCUT2D eigenvalue weighted by molar-refractivity contribution is 5.95. The van der Waals surface area contributed by atoms with E-state index in [1.165, 1.54) is 30.2 Å². The first kappa shape index (κ1) is 14.8. The first-order chi connectivity index (χ1) is 8.86. The van der Waals surface area contributed by atoms with E-state index < -0.39 is 11.9 Å². The fourth-order valence-corrected chi connectivity index (χ4v) is 1.65. The zero-order valence-electron chi connectivity index (χ0n) is 11.1. The second kappa shape index (κ2) is 6.08. The fourth-order valence-electron chi connectivity index (χ4n) is 1.65. The minimum Gasteiger partial charge on any atom is -0.504 e. The molecule has 1 amide bonds. The largest absolute Gasteiger partial charge is 0.504 e. The lowest BCUT2D eigenvalue weighted by Gasteiger charge is -2.20. The second-order valence-corrected chi connectivity index (χ2v) is 4.31. The topological polar surface area (TPSA) is 87.1 Å². The Hall–Kier alpha value is -2.24. The molecule has 1 atom stereocenters. The van der Waals surface area contributed by atoms with Crippen molar-refractivity contribution in [2.24, 2.45) is 5.92 Å². The van der Waals surface area contributed by atoms with Crippen LogP contribution in [-0.2, 0) is 9.53 Å². The molecule has 6 heteroatoms. The molecule has 0 aliphatic heterocycles. The molecule has 0 aromatic heterocycles. The number of amides is 1. The Morgan fingerprint density at radius 3 is 2.47 bits per heavy atom.